The summed E-state index contributed by atoms with van der Waals surface area (Å²) in [6.45, 7) is 0.755. The smallest absolute Gasteiger partial charge is 0.167 e. The molecule has 1 unspecified atom stereocenters. The predicted octanol–water partition coefficient (Wildman–Crippen LogP) is 5.90. The highest BCUT2D eigenvalue weighted by Gasteiger charge is 2.29. The minimum Gasteiger partial charge on any atom is -0.365 e. The van der Waals surface area contributed by atoms with Gasteiger partial charge in [0.2, 0.25) is 0 Å². The largest absolute Gasteiger partial charge is 0.365 e. The predicted molar refractivity (Wildman–Crippen MR) is 110 cm³/mol. The van der Waals surface area contributed by atoms with E-state index in [4.69, 9.17) is 11.6 Å². The lowest BCUT2D eigenvalue weighted by Crippen LogP contribution is -2.30. The fourth-order valence-corrected chi connectivity index (χ4v) is 3.66. The minimum atomic E-state index is 0.0370. The molecule has 0 spiro atoms. The van der Waals surface area contributed by atoms with Crippen LogP contribution in [0.5, 0.6) is 0 Å². The number of nitrogens with zero attached hydrogens (tertiary/aromatic N) is 1. The molecule has 1 heterocycles. The number of Topliss-reactive ketones (excluding diaryl/α,β-unsaturated/α-hetero) is 1. The third-order valence-corrected chi connectivity index (χ3v) is 5.17. The SMILES string of the molecule is O=C1CC(c2ccccc2)N(Cc2ccccc2)C=C1c1ccc(Cl)cc1. The molecule has 0 N–H and O–H groups in total. The highest BCUT2D eigenvalue weighted by Crippen LogP contribution is 2.35. The molecule has 27 heavy (non-hydrogen) atoms. The molecule has 4 rings (SSSR count). The van der Waals surface area contributed by atoms with Crippen LogP contribution in [-0.2, 0) is 11.3 Å². The summed E-state index contributed by atoms with van der Waals surface area (Å²) < 4.78 is 0. The van der Waals surface area contributed by atoms with Crippen molar-refractivity contribution in [2.24, 2.45) is 0 Å². The summed E-state index contributed by atoms with van der Waals surface area (Å²) in [6, 6.07) is 28.1. The Morgan fingerprint density at radius 2 is 1.48 bits per heavy atom. The number of carbonyl (C=O) groups is 1. The summed E-state index contributed by atoms with van der Waals surface area (Å²) in [4.78, 5) is 15.2. The average molecular weight is 374 g/mol. The zero-order chi connectivity index (χ0) is 18.6. The molecule has 1 aliphatic heterocycles. The minimum absolute atomic E-state index is 0.0370. The lowest BCUT2D eigenvalue weighted by molar-refractivity contribution is -0.115. The van der Waals surface area contributed by atoms with Crippen LogP contribution in [-0.4, -0.2) is 10.7 Å². The van der Waals surface area contributed by atoms with Gasteiger partial charge in [0.15, 0.2) is 5.78 Å². The maximum atomic E-state index is 12.9. The van der Waals surface area contributed by atoms with Crippen molar-refractivity contribution in [1.29, 1.82) is 0 Å². The van der Waals surface area contributed by atoms with Crippen LogP contribution < -0.4 is 0 Å². The number of allylic oxidation sites excluding steroid dienone is 1. The van der Waals surface area contributed by atoms with Crippen molar-refractivity contribution < 1.29 is 4.79 Å². The number of carbonyl (C=O) groups excluding carboxylic acids is 1. The summed E-state index contributed by atoms with van der Waals surface area (Å²) in [5.74, 6) is 0.162. The molecule has 0 saturated heterocycles. The summed E-state index contributed by atoms with van der Waals surface area (Å²) in [5.41, 5.74) is 4.04. The number of ketones is 1. The van der Waals surface area contributed by atoms with Gasteiger partial charge in [-0.2, -0.15) is 0 Å². The number of hydrogen-bond donors (Lipinski definition) is 0. The van der Waals surface area contributed by atoms with Gasteiger partial charge in [-0.15, -0.1) is 0 Å². The van der Waals surface area contributed by atoms with Gasteiger partial charge in [0.05, 0.1) is 6.04 Å². The topological polar surface area (TPSA) is 20.3 Å². The van der Waals surface area contributed by atoms with Gasteiger partial charge in [-0.3, -0.25) is 4.79 Å². The Morgan fingerprint density at radius 3 is 2.15 bits per heavy atom. The maximum Gasteiger partial charge on any atom is 0.167 e. The Morgan fingerprint density at radius 1 is 0.852 bits per heavy atom. The zero-order valence-corrected chi connectivity index (χ0v) is 15.6. The van der Waals surface area contributed by atoms with Crippen LogP contribution in [0, 0.1) is 0 Å². The average Bonchev–Trinajstić information content (AvgIpc) is 2.71. The van der Waals surface area contributed by atoms with Crippen LogP contribution in [0.2, 0.25) is 5.02 Å². The van der Waals surface area contributed by atoms with E-state index in [1.807, 2.05) is 66.9 Å². The van der Waals surface area contributed by atoms with Crippen molar-refractivity contribution in [2.45, 2.75) is 19.0 Å². The molecular formula is C24H20ClNO. The fourth-order valence-electron chi connectivity index (χ4n) is 3.53. The second-order valence-corrected chi connectivity index (χ2v) is 7.20. The summed E-state index contributed by atoms with van der Waals surface area (Å²) in [7, 11) is 0. The third kappa shape index (κ3) is 3.96. The van der Waals surface area contributed by atoms with Crippen molar-refractivity contribution in [2.75, 3.05) is 0 Å². The molecule has 3 aromatic carbocycles. The van der Waals surface area contributed by atoms with E-state index in [2.05, 4.69) is 29.2 Å². The van der Waals surface area contributed by atoms with Crippen molar-refractivity contribution >= 4 is 23.0 Å². The van der Waals surface area contributed by atoms with E-state index in [-0.39, 0.29) is 11.8 Å². The standard InChI is InChI=1S/C24H20ClNO/c25-21-13-11-19(12-14-21)22-17-26(16-18-7-3-1-4-8-18)23(15-24(22)27)20-9-5-2-6-10-20/h1-14,17,23H,15-16H2. The number of hydrogen-bond acceptors (Lipinski definition) is 2. The highest BCUT2D eigenvalue weighted by molar-refractivity contribution is 6.30. The van der Waals surface area contributed by atoms with Gasteiger partial charge in [-0.25, -0.2) is 0 Å². The van der Waals surface area contributed by atoms with Crippen LogP contribution in [0.1, 0.15) is 29.2 Å². The van der Waals surface area contributed by atoms with Gasteiger partial charge in [-0.1, -0.05) is 84.4 Å². The first-order valence-corrected chi connectivity index (χ1v) is 9.44. The molecule has 0 aliphatic carbocycles. The van der Waals surface area contributed by atoms with Crippen molar-refractivity contribution in [3.05, 3.63) is 113 Å². The maximum absolute atomic E-state index is 12.9. The lowest BCUT2D eigenvalue weighted by atomic mass is 9.90. The Labute approximate surface area is 164 Å². The second kappa shape index (κ2) is 7.81. The van der Waals surface area contributed by atoms with Crippen molar-refractivity contribution in [3.8, 4) is 0 Å². The van der Waals surface area contributed by atoms with Crippen molar-refractivity contribution in [3.63, 3.8) is 0 Å². The molecule has 0 bridgehead atoms. The van der Waals surface area contributed by atoms with Crippen LogP contribution in [0.3, 0.4) is 0 Å². The van der Waals surface area contributed by atoms with E-state index in [1.54, 1.807) is 0 Å². The van der Waals surface area contributed by atoms with Crippen LogP contribution in [0.25, 0.3) is 5.57 Å². The quantitative estimate of drug-likeness (QED) is 0.567. The van der Waals surface area contributed by atoms with Crippen LogP contribution >= 0.6 is 11.6 Å². The third-order valence-electron chi connectivity index (χ3n) is 4.92. The van der Waals surface area contributed by atoms with E-state index < -0.39 is 0 Å². The van der Waals surface area contributed by atoms with Gasteiger partial charge in [0.1, 0.15) is 0 Å². The molecule has 3 heteroatoms. The van der Waals surface area contributed by atoms with Gasteiger partial charge in [0, 0.05) is 29.8 Å². The zero-order valence-electron chi connectivity index (χ0n) is 14.9. The van der Waals surface area contributed by atoms with Crippen molar-refractivity contribution in [1.82, 2.24) is 4.90 Å². The first kappa shape index (κ1) is 17.6. The molecule has 3 aromatic rings. The first-order chi connectivity index (χ1) is 13.2. The Balaban J connectivity index is 1.73. The van der Waals surface area contributed by atoms with Gasteiger partial charge < -0.3 is 4.90 Å². The molecule has 0 aromatic heterocycles. The van der Waals surface area contributed by atoms with Crippen LogP contribution in [0.4, 0.5) is 0 Å². The molecule has 1 aliphatic rings. The van der Waals surface area contributed by atoms with Gasteiger partial charge in [-0.05, 0) is 28.8 Å². The van der Waals surface area contributed by atoms with E-state index in [0.717, 1.165) is 23.2 Å². The molecule has 0 fully saturated rings. The van der Waals surface area contributed by atoms with E-state index in [0.29, 0.717) is 11.4 Å². The summed E-state index contributed by atoms with van der Waals surface area (Å²) in [6.07, 6.45) is 2.48. The second-order valence-electron chi connectivity index (χ2n) is 6.76. The van der Waals surface area contributed by atoms with E-state index in [9.17, 15) is 4.79 Å². The lowest BCUT2D eigenvalue weighted by Gasteiger charge is -2.35. The first-order valence-electron chi connectivity index (χ1n) is 9.06. The molecule has 1 atom stereocenters. The van der Waals surface area contributed by atoms with E-state index in [1.165, 1.54) is 5.56 Å². The fraction of sp³-hybridized carbons (Fsp3) is 0.125. The highest BCUT2D eigenvalue weighted by atomic mass is 35.5. The molecular weight excluding hydrogens is 354 g/mol. The monoisotopic (exact) mass is 373 g/mol. The number of rotatable bonds is 4. The number of halogens is 1. The molecule has 0 amide bonds. The molecule has 0 radical (unpaired) electrons. The Kier molecular flexibility index (Phi) is 5.08. The normalized spacial score (nSPS) is 16.9. The molecule has 2 nitrogen and oxygen atoms in total. The molecule has 134 valence electrons. The Hall–Kier alpha value is -2.84. The summed E-state index contributed by atoms with van der Waals surface area (Å²) >= 11 is 6.01. The van der Waals surface area contributed by atoms with Gasteiger partial charge >= 0.3 is 0 Å². The van der Waals surface area contributed by atoms with E-state index >= 15 is 0 Å². The summed E-state index contributed by atoms with van der Waals surface area (Å²) in [5, 5.41) is 0.672. The van der Waals surface area contributed by atoms with Gasteiger partial charge in [0.25, 0.3) is 0 Å². The van der Waals surface area contributed by atoms with Crippen LogP contribution in [0.15, 0.2) is 91.1 Å². The Bertz CT molecular complexity index is 949. The number of benzene rings is 3. The molecule has 0 saturated carbocycles.